The van der Waals surface area contributed by atoms with Crippen LogP contribution in [0.3, 0.4) is 0 Å². The molecule has 104 valence electrons. The van der Waals surface area contributed by atoms with Gasteiger partial charge in [0.15, 0.2) is 6.61 Å². The Balaban J connectivity index is 2.00. The molecule has 19 heavy (non-hydrogen) atoms. The van der Waals surface area contributed by atoms with Crippen molar-refractivity contribution in [2.45, 2.75) is 45.3 Å². The Bertz CT molecular complexity index is 477. The van der Waals surface area contributed by atoms with Crippen LogP contribution in [-0.2, 0) is 11.2 Å². The molecule has 0 spiro atoms. The van der Waals surface area contributed by atoms with E-state index in [1.807, 2.05) is 39.0 Å². The first-order chi connectivity index (χ1) is 8.87. The molecular weight excluding hydrogens is 242 g/mol. The van der Waals surface area contributed by atoms with E-state index in [4.69, 9.17) is 4.74 Å². The summed E-state index contributed by atoms with van der Waals surface area (Å²) >= 11 is 0. The predicted molar refractivity (Wildman–Crippen MR) is 73.1 cm³/mol. The summed E-state index contributed by atoms with van der Waals surface area (Å²) in [5.41, 5.74) is 1.70. The second-order valence-corrected chi connectivity index (χ2v) is 5.97. The highest BCUT2D eigenvalue weighted by molar-refractivity contribution is 5.78. The Morgan fingerprint density at radius 1 is 1.47 bits per heavy atom. The van der Waals surface area contributed by atoms with E-state index >= 15 is 0 Å². The number of fused-ring (bicyclic) bond motifs is 1. The van der Waals surface area contributed by atoms with Crippen molar-refractivity contribution in [2.24, 2.45) is 0 Å². The van der Waals surface area contributed by atoms with Crippen LogP contribution < -0.4 is 10.1 Å². The number of nitrogens with one attached hydrogen (secondary N) is 1. The van der Waals surface area contributed by atoms with Gasteiger partial charge >= 0.3 is 0 Å². The second-order valence-electron chi connectivity index (χ2n) is 5.97. The van der Waals surface area contributed by atoms with Gasteiger partial charge in [0, 0.05) is 11.1 Å². The highest BCUT2D eigenvalue weighted by Gasteiger charge is 2.23. The van der Waals surface area contributed by atoms with Gasteiger partial charge in [0.1, 0.15) is 5.75 Å². The third kappa shape index (κ3) is 3.47. The summed E-state index contributed by atoms with van der Waals surface area (Å²) < 4.78 is 5.58. The Morgan fingerprint density at radius 3 is 2.89 bits per heavy atom. The van der Waals surface area contributed by atoms with Crippen LogP contribution in [0.25, 0.3) is 0 Å². The Labute approximate surface area is 113 Å². The number of rotatable bonds is 3. The molecule has 2 rings (SSSR count). The number of carbonyl (C=O) groups excluding carboxylic acids is 1. The van der Waals surface area contributed by atoms with Crippen LogP contribution in [0, 0.1) is 0 Å². The topological polar surface area (TPSA) is 58.6 Å². The van der Waals surface area contributed by atoms with Crippen molar-refractivity contribution in [3.63, 3.8) is 0 Å². The Kier molecular flexibility index (Phi) is 3.80. The van der Waals surface area contributed by atoms with Gasteiger partial charge < -0.3 is 15.2 Å². The van der Waals surface area contributed by atoms with E-state index < -0.39 is 6.10 Å². The molecule has 1 aromatic rings. The molecule has 0 radical (unpaired) electrons. The first kappa shape index (κ1) is 13.9. The number of carbonyl (C=O) groups is 1. The number of benzene rings is 1. The lowest BCUT2D eigenvalue weighted by atomic mass is 10.1. The van der Waals surface area contributed by atoms with E-state index in [2.05, 4.69) is 5.32 Å². The Hall–Kier alpha value is -1.55. The molecule has 0 heterocycles. The summed E-state index contributed by atoms with van der Waals surface area (Å²) in [5.74, 6) is 0.571. The van der Waals surface area contributed by atoms with Gasteiger partial charge in [0.2, 0.25) is 0 Å². The van der Waals surface area contributed by atoms with E-state index in [1.54, 1.807) is 0 Å². The fraction of sp³-hybridized carbons (Fsp3) is 0.533. The third-order valence-corrected chi connectivity index (χ3v) is 3.07. The maximum absolute atomic E-state index is 11.7. The van der Waals surface area contributed by atoms with Crippen LogP contribution in [-0.4, -0.2) is 23.2 Å². The van der Waals surface area contributed by atoms with E-state index in [9.17, 15) is 9.90 Å². The second kappa shape index (κ2) is 5.21. The van der Waals surface area contributed by atoms with Gasteiger partial charge in [-0.3, -0.25) is 4.79 Å². The third-order valence-electron chi connectivity index (χ3n) is 3.07. The number of aliphatic hydroxyl groups is 1. The van der Waals surface area contributed by atoms with E-state index in [0.29, 0.717) is 5.75 Å². The van der Waals surface area contributed by atoms with Crippen LogP contribution in [0.1, 0.15) is 44.4 Å². The number of hydrogen-bond donors (Lipinski definition) is 2. The standard InChI is InChI=1S/C15H21NO3/c1-15(2,3)16-14(18)9-19-13-6-4-5-10-11(13)7-8-12(10)17/h4-6,12,17H,7-9H2,1-3H3,(H,16,18). The van der Waals surface area contributed by atoms with Gasteiger partial charge in [0.25, 0.3) is 5.91 Å². The van der Waals surface area contributed by atoms with Crippen molar-refractivity contribution >= 4 is 5.91 Å². The highest BCUT2D eigenvalue weighted by atomic mass is 16.5. The first-order valence-corrected chi connectivity index (χ1v) is 6.60. The lowest BCUT2D eigenvalue weighted by Crippen LogP contribution is -2.43. The first-order valence-electron chi connectivity index (χ1n) is 6.60. The van der Waals surface area contributed by atoms with E-state index in [0.717, 1.165) is 24.0 Å². The molecule has 4 nitrogen and oxygen atoms in total. The fourth-order valence-electron chi connectivity index (χ4n) is 2.33. The van der Waals surface area contributed by atoms with Crippen molar-refractivity contribution in [1.29, 1.82) is 0 Å². The average Bonchev–Trinajstić information content (AvgIpc) is 2.67. The number of amides is 1. The molecule has 1 unspecified atom stereocenters. The van der Waals surface area contributed by atoms with Gasteiger partial charge in [-0.25, -0.2) is 0 Å². The minimum Gasteiger partial charge on any atom is -0.483 e. The molecule has 0 aromatic heterocycles. The van der Waals surface area contributed by atoms with Gasteiger partial charge in [-0.1, -0.05) is 12.1 Å². The van der Waals surface area contributed by atoms with Crippen LogP contribution in [0.5, 0.6) is 5.75 Å². The van der Waals surface area contributed by atoms with Gasteiger partial charge in [-0.15, -0.1) is 0 Å². The molecule has 0 saturated carbocycles. The molecule has 2 N–H and O–H groups in total. The fourth-order valence-corrected chi connectivity index (χ4v) is 2.33. The summed E-state index contributed by atoms with van der Waals surface area (Å²) in [6, 6.07) is 5.61. The van der Waals surface area contributed by atoms with E-state index in [1.165, 1.54) is 0 Å². The van der Waals surface area contributed by atoms with Crippen LogP contribution in [0.2, 0.25) is 0 Å². The van der Waals surface area contributed by atoms with Gasteiger partial charge in [0.05, 0.1) is 6.10 Å². The summed E-state index contributed by atoms with van der Waals surface area (Å²) in [5, 5.41) is 12.7. The summed E-state index contributed by atoms with van der Waals surface area (Å²) in [7, 11) is 0. The maximum Gasteiger partial charge on any atom is 0.258 e. The van der Waals surface area contributed by atoms with Crippen LogP contribution in [0.4, 0.5) is 0 Å². The predicted octanol–water partition coefficient (Wildman–Crippen LogP) is 1.96. The largest absolute Gasteiger partial charge is 0.483 e. The molecule has 0 fully saturated rings. The van der Waals surface area contributed by atoms with E-state index in [-0.39, 0.29) is 18.1 Å². The molecule has 1 atom stereocenters. The van der Waals surface area contributed by atoms with Crippen molar-refractivity contribution in [1.82, 2.24) is 5.32 Å². The quantitative estimate of drug-likeness (QED) is 0.876. The molecule has 1 aliphatic rings. The lowest BCUT2D eigenvalue weighted by Gasteiger charge is -2.20. The molecule has 1 amide bonds. The summed E-state index contributed by atoms with van der Waals surface area (Å²) in [4.78, 5) is 11.7. The van der Waals surface area contributed by atoms with Crippen LogP contribution in [0.15, 0.2) is 18.2 Å². The van der Waals surface area contributed by atoms with Crippen molar-refractivity contribution < 1.29 is 14.6 Å². The van der Waals surface area contributed by atoms with Crippen molar-refractivity contribution in [3.05, 3.63) is 29.3 Å². The van der Waals surface area contributed by atoms with Gasteiger partial charge in [-0.05, 0) is 45.2 Å². The van der Waals surface area contributed by atoms with Crippen molar-refractivity contribution in [3.8, 4) is 5.75 Å². The highest BCUT2D eigenvalue weighted by Crippen LogP contribution is 2.36. The SMILES string of the molecule is CC(C)(C)NC(=O)COc1cccc2c1CCC2O. The molecule has 0 saturated heterocycles. The monoisotopic (exact) mass is 263 g/mol. The summed E-state index contributed by atoms with van der Waals surface area (Å²) in [6.45, 7) is 5.80. The minimum atomic E-state index is -0.401. The maximum atomic E-state index is 11.7. The molecule has 1 aliphatic carbocycles. The average molecular weight is 263 g/mol. The van der Waals surface area contributed by atoms with Crippen LogP contribution >= 0.6 is 0 Å². The molecular formula is C15H21NO3. The Morgan fingerprint density at radius 2 is 2.21 bits per heavy atom. The number of aliphatic hydroxyl groups excluding tert-OH is 1. The zero-order valence-corrected chi connectivity index (χ0v) is 11.7. The minimum absolute atomic E-state index is 0.00379. The molecule has 0 aliphatic heterocycles. The number of hydrogen-bond acceptors (Lipinski definition) is 3. The number of ether oxygens (including phenoxy) is 1. The zero-order valence-electron chi connectivity index (χ0n) is 11.7. The normalized spacial score (nSPS) is 18.0. The molecule has 4 heteroatoms. The lowest BCUT2D eigenvalue weighted by molar-refractivity contribution is -0.124. The molecule has 1 aromatic carbocycles. The zero-order chi connectivity index (χ0) is 14.0. The summed E-state index contributed by atoms with van der Waals surface area (Å²) in [6.07, 6.45) is 1.12. The smallest absolute Gasteiger partial charge is 0.258 e. The van der Waals surface area contributed by atoms with Crippen molar-refractivity contribution in [2.75, 3.05) is 6.61 Å². The van der Waals surface area contributed by atoms with Gasteiger partial charge in [-0.2, -0.15) is 0 Å². The molecule has 0 bridgehead atoms.